The molecule has 0 saturated heterocycles. The second-order valence-electron chi connectivity index (χ2n) is 3.59. The van der Waals surface area contributed by atoms with E-state index in [9.17, 15) is 14.9 Å². The number of hydrogen-bond acceptors (Lipinski definition) is 4. The first-order valence-corrected chi connectivity index (χ1v) is 6.09. The van der Waals surface area contributed by atoms with Crippen molar-refractivity contribution in [3.05, 3.63) is 56.0 Å². The van der Waals surface area contributed by atoms with Crippen LogP contribution in [0.2, 0.25) is 0 Å². The lowest BCUT2D eigenvalue weighted by Gasteiger charge is -2.00. The van der Waals surface area contributed by atoms with E-state index in [-0.39, 0.29) is 18.1 Å². The number of rotatable bonds is 4. The molecule has 0 aliphatic rings. The third-order valence-electron chi connectivity index (χ3n) is 2.30. The Morgan fingerprint density at radius 1 is 1.39 bits per heavy atom. The van der Waals surface area contributed by atoms with Crippen molar-refractivity contribution >= 4 is 34.2 Å². The molecule has 2 aromatic rings. The van der Waals surface area contributed by atoms with Gasteiger partial charge in [-0.15, -0.1) is 0 Å². The van der Waals surface area contributed by atoms with Crippen LogP contribution < -0.4 is 0 Å². The largest absolute Gasteiger partial charge is 0.381 e. The van der Waals surface area contributed by atoms with Crippen molar-refractivity contribution < 1.29 is 9.72 Å². The number of carbonyl (C=O) groups is 1. The van der Waals surface area contributed by atoms with Gasteiger partial charge in [0.25, 0.3) is 0 Å². The summed E-state index contributed by atoms with van der Waals surface area (Å²) in [5, 5.41) is 10.5. The van der Waals surface area contributed by atoms with Crippen LogP contribution in [0.5, 0.6) is 0 Å². The predicted octanol–water partition coefficient (Wildman–Crippen LogP) is 2.28. The van der Waals surface area contributed by atoms with Crippen LogP contribution in [-0.2, 0) is 6.54 Å². The molecule has 0 radical (unpaired) electrons. The fourth-order valence-corrected chi connectivity index (χ4v) is 1.78. The average molecular weight is 357 g/mol. The van der Waals surface area contributed by atoms with Gasteiger partial charge in [-0.05, 0) is 44.6 Å². The average Bonchev–Trinajstić information content (AvgIpc) is 2.78. The van der Waals surface area contributed by atoms with Crippen LogP contribution in [-0.4, -0.2) is 20.3 Å². The Morgan fingerprint density at radius 2 is 2.06 bits per heavy atom. The first kappa shape index (κ1) is 12.7. The van der Waals surface area contributed by atoms with E-state index in [0.717, 1.165) is 3.57 Å². The highest BCUT2D eigenvalue weighted by Crippen LogP contribution is 2.10. The minimum Gasteiger partial charge on any atom is -0.358 e. The molecular formula is C11H8IN3O3. The van der Waals surface area contributed by atoms with Crippen LogP contribution in [0.25, 0.3) is 0 Å². The van der Waals surface area contributed by atoms with E-state index in [1.165, 1.54) is 17.1 Å². The number of imidazole rings is 1. The molecule has 0 bridgehead atoms. The maximum absolute atomic E-state index is 11.9. The Bertz CT molecular complexity index is 592. The summed E-state index contributed by atoms with van der Waals surface area (Å²) in [4.78, 5) is 25.3. The summed E-state index contributed by atoms with van der Waals surface area (Å²) in [5.74, 6) is -0.371. The highest BCUT2D eigenvalue weighted by atomic mass is 127. The van der Waals surface area contributed by atoms with Crippen LogP contribution in [0.15, 0.2) is 36.8 Å². The van der Waals surface area contributed by atoms with Crippen molar-refractivity contribution in [1.29, 1.82) is 0 Å². The quantitative estimate of drug-likeness (QED) is 0.364. The molecule has 0 spiro atoms. The van der Waals surface area contributed by atoms with Crippen molar-refractivity contribution in [2.45, 2.75) is 6.54 Å². The zero-order valence-corrected chi connectivity index (χ0v) is 11.3. The Labute approximate surface area is 116 Å². The fraction of sp³-hybridized carbons (Fsp3) is 0.0909. The molecule has 6 nitrogen and oxygen atoms in total. The fourth-order valence-electron chi connectivity index (χ4n) is 1.42. The summed E-state index contributed by atoms with van der Waals surface area (Å²) < 4.78 is 2.45. The molecule has 2 rings (SSSR count). The highest BCUT2D eigenvalue weighted by Gasteiger charge is 2.12. The predicted molar refractivity (Wildman–Crippen MR) is 72.4 cm³/mol. The second-order valence-corrected chi connectivity index (χ2v) is 4.84. The normalized spacial score (nSPS) is 10.3. The lowest BCUT2D eigenvalue weighted by molar-refractivity contribution is -0.389. The molecule has 0 aliphatic heterocycles. The van der Waals surface area contributed by atoms with Gasteiger partial charge in [-0.1, -0.05) is 12.1 Å². The zero-order chi connectivity index (χ0) is 13.1. The smallest absolute Gasteiger partial charge is 0.358 e. The van der Waals surface area contributed by atoms with Crippen LogP contribution in [0.1, 0.15) is 10.4 Å². The van der Waals surface area contributed by atoms with Crippen LogP contribution in [0, 0.1) is 13.7 Å². The van der Waals surface area contributed by atoms with Gasteiger partial charge < -0.3 is 14.7 Å². The molecule has 0 aliphatic carbocycles. The number of nitro groups is 1. The first-order valence-electron chi connectivity index (χ1n) is 5.01. The number of aromatic nitrogens is 2. The van der Waals surface area contributed by atoms with Crippen LogP contribution in [0.4, 0.5) is 5.82 Å². The van der Waals surface area contributed by atoms with E-state index in [0.29, 0.717) is 5.56 Å². The maximum Gasteiger partial charge on any atom is 0.381 e. The number of Topliss-reactive ketones (excluding diaryl/α,β-unsaturated/α-hetero) is 1. The van der Waals surface area contributed by atoms with Crippen molar-refractivity contribution in [1.82, 2.24) is 9.55 Å². The number of halogens is 1. The lowest BCUT2D eigenvalue weighted by Crippen LogP contribution is -2.08. The van der Waals surface area contributed by atoms with Gasteiger partial charge in [-0.2, -0.15) is 0 Å². The van der Waals surface area contributed by atoms with Gasteiger partial charge in [0.15, 0.2) is 5.78 Å². The topological polar surface area (TPSA) is 78.0 Å². The minimum atomic E-state index is -0.591. The summed E-state index contributed by atoms with van der Waals surface area (Å²) in [6.07, 6.45) is 2.52. The molecule has 7 heteroatoms. The van der Waals surface area contributed by atoms with Crippen molar-refractivity contribution in [2.75, 3.05) is 0 Å². The molecule has 0 atom stereocenters. The molecule has 1 aromatic heterocycles. The lowest BCUT2D eigenvalue weighted by atomic mass is 10.1. The minimum absolute atomic E-state index is 0.0431. The van der Waals surface area contributed by atoms with Gasteiger partial charge in [0.2, 0.25) is 6.33 Å². The third-order valence-corrected chi connectivity index (χ3v) is 3.02. The molecular weight excluding hydrogens is 349 g/mol. The third kappa shape index (κ3) is 2.92. The highest BCUT2D eigenvalue weighted by molar-refractivity contribution is 14.1. The summed E-state index contributed by atoms with van der Waals surface area (Å²) in [6, 6.07) is 7.14. The Hall–Kier alpha value is -1.77. The van der Waals surface area contributed by atoms with Crippen molar-refractivity contribution in [3.63, 3.8) is 0 Å². The van der Waals surface area contributed by atoms with Crippen LogP contribution in [0.3, 0.4) is 0 Å². The second kappa shape index (κ2) is 5.25. The SMILES string of the molecule is O=C(Cn1cnc([N+](=O)[O-])c1)c1ccc(I)cc1. The molecule has 92 valence electrons. The van der Waals surface area contributed by atoms with Gasteiger partial charge >= 0.3 is 5.82 Å². The van der Waals surface area contributed by atoms with Gasteiger partial charge in [0.1, 0.15) is 6.20 Å². The van der Waals surface area contributed by atoms with Gasteiger partial charge in [0, 0.05) is 9.13 Å². The van der Waals surface area contributed by atoms with E-state index in [2.05, 4.69) is 27.6 Å². The Kier molecular flexibility index (Phi) is 3.70. The van der Waals surface area contributed by atoms with Gasteiger partial charge in [-0.25, -0.2) is 0 Å². The Balaban J connectivity index is 2.11. The van der Waals surface area contributed by atoms with Gasteiger partial charge in [-0.3, -0.25) is 4.79 Å². The number of benzene rings is 1. The maximum atomic E-state index is 11.9. The van der Waals surface area contributed by atoms with E-state index in [1.807, 2.05) is 12.1 Å². The molecule has 0 fully saturated rings. The van der Waals surface area contributed by atoms with Gasteiger partial charge in [0.05, 0.1) is 6.54 Å². The molecule has 1 heterocycles. The summed E-state index contributed by atoms with van der Waals surface area (Å²) in [7, 11) is 0. The molecule has 0 saturated carbocycles. The van der Waals surface area contributed by atoms with E-state index in [4.69, 9.17) is 0 Å². The van der Waals surface area contributed by atoms with E-state index in [1.54, 1.807) is 12.1 Å². The number of nitrogens with zero attached hydrogens (tertiary/aromatic N) is 3. The molecule has 1 aromatic carbocycles. The molecule has 0 N–H and O–H groups in total. The summed E-state index contributed by atoms with van der Waals surface area (Å²) >= 11 is 2.15. The monoisotopic (exact) mass is 357 g/mol. The number of ketones is 1. The summed E-state index contributed by atoms with van der Waals surface area (Å²) in [6.45, 7) is 0.0431. The van der Waals surface area contributed by atoms with E-state index >= 15 is 0 Å². The van der Waals surface area contributed by atoms with Crippen molar-refractivity contribution in [3.8, 4) is 0 Å². The summed E-state index contributed by atoms with van der Waals surface area (Å²) in [5.41, 5.74) is 0.576. The Morgan fingerprint density at radius 3 is 2.61 bits per heavy atom. The first-order chi connectivity index (χ1) is 8.56. The van der Waals surface area contributed by atoms with E-state index < -0.39 is 4.92 Å². The number of carbonyl (C=O) groups excluding carboxylic acids is 1. The molecule has 0 unspecified atom stereocenters. The van der Waals surface area contributed by atoms with Crippen LogP contribution >= 0.6 is 22.6 Å². The number of hydrogen-bond donors (Lipinski definition) is 0. The zero-order valence-electron chi connectivity index (χ0n) is 9.12. The van der Waals surface area contributed by atoms with Crippen molar-refractivity contribution in [2.24, 2.45) is 0 Å². The standard InChI is InChI=1S/C11H8IN3O3/c12-9-3-1-8(2-4-9)10(16)5-14-6-11(13-7-14)15(17)18/h1-4,6-7H,5H2. The molecule has 0 amide bonds. The molecule has 18 heavy (non-hydrogen) atoms.